The normalized spacial score (nSPS) is 12.9. The minimum Gasteiger partial charge on any atom is -0.443 e. The van der Waals surface area contributed by atoms with E-state index < -0.39 is 46.8 Å². The van der Waals surface area contributed by atoms with Crippen molar-refractivity contribution in [2.24, 2.45) is 0 Å². The molecule has 16 heteroatoms. The van der Waals surface area contributed by atoms with E-state index in [0.717, 1.165) is 30.0 Å². The third-order valence-electron chi connectivity index (χ3n) is 7.94. The molecule has 55 heavy (non-hydrogen) atoms. The number of aromatic nitrogens is 2. The monoisotopic (exact) mass is 773 g/mol. The predicted octanol–water partition coefficient (Wildman–Crippen LogP) is 9.19. The molecule has 1 aliphatic rings. The van der Waals surface area contributed by atoms with Crippen LogP contribution in [0, 0.1) is 11.6 Å². The third-order valence-corrected chi connectivity index (χ3v) is 7.94. The molecule has 0 aliphatic carbocycles. The lowest BCUT2D eigenvalue weighted by atomic mass is 10.0. The molecule has 0 unspecified atom stereocenters. The Kier molecular flexibility index (Phi) is 11.9. The maximum absolute atomic E-state index is 13.6. The molecule has 0 saturated carbocycles. The molecule has 2 heterocycles. The molecule has 0 atom stereocenters. The molecule has 0 bridgehead atoms. The van der Waals surface area contributed by atoms with Crippen LogP contribution >= 0.6 is 0 Å². The second-order valence-electron chi connectivity index (χ2n) is 13.6. The number of hydrazine groups is 1. The summed E-state index contributed by atoms with van der Waals surface area (Å²) in [5, 5.41) is 7.02. The van der Waals surface area contributed by atoms with E-state index in [4.69, 9.17) is 4.74 Å². The van der Waals surface area contributed by atoms with Crippen molar-refractivity contribution in [1.29, 1.82) is 0 Å². The highest BCUT2D eigenvalue weighted by Crippen LogP contribution is 2.32. The van der Waals surface area contributed by atoms with Crippen molar-refractivity contribution in [3.05, 3.63) is 147 Å². The smallest absolute Gasteiger partial charge is 0.426 e. The molecule has 0 radical (unpaired) electrons. The molecule has 6 rings (SSSR count). The van der Waals surface area contributed by atoms with E-state index in [1.54, 1.807) is 74.0 Å². The number of hydrogen-bond donors (Lipinski definition) is 3. The quantitative estimate of drug-likeness (QED) is 0.113. The van der Waals surface area contributed by atoms with Crippen molar-refractivity contribution in [2.75, 3.05) is 12.0 Å². The first-order valence-electron chi connectivity index (χ1n) is 16.8. The van der Waals surface area contributed by atoms with Gasteiger partial charge in [-0.25, -0.2) is 23.7 Å². The molecule has 0 spiro atoms. The number of hydrogen-bond acceptors (Lipinski definition) is 5. The average Bonchev–Trinajstić information content (AvgIpc) is 3.52. The lowest BCUT2D eigenvalue weighted by Gasteiger charge is -2.20. The van der Waals surface area contributed by atoms with Crippen LogP contribution in [0.4, 0.5) is 45.6 Å². The number of alkyl halides is 6. The summed E-state index contributed by atoms with van der Waals surface area (Å²) in [6.45, 7) is 5.69. The standard InChI is InChI=1S/C20H15F4N3O.C19H20F4N2O2/c21-15-8-13(7-14(10-15)20(22,23)24)6-12-2-1-3-16(9-12)27-18-4-5-25-19(28)17(18)11-26-27;1-18(2,3)27-17(26)25-24-16-6-4-5-12(10-16)7-13-8-14(19(21,22)23)11-15(20)9-13/h1-3,7-11H,4-6H2,(H,25,28);4-6,8-11,24H,7H2,1-3H3,(H,25,26). The van der Waals surface area contributed by atoms with E-state index in [1.807, 2.05) is 0 Å². The Morgan fingerprint density at radius 2 is 1.35 bits per heavy atom. The molecule has 290 valence electrons. The van der Waals surface area contributed by atoms with E-state index in [9.17, 15) is 44.7 Å². The number of carbonyl (C=O) groups is 2. The van der Waals surface area contributed by atoms with E-state index >= 15 is 0 Å². The lowest BCUT2D eigenvalue weighted by Crippen LogP contribution is -2.35. The van der Waals surface area contributed by atoms with Crippen molar-refractivity contribution >= 4 is 17.7 Å². The zero-order chi connectivity index (χ0) is 40.1. The van der Waals surface area contributed by atoms with Gasteiger partial charge in [0.2, 0.25) is 0 Å². The van der Waals surface area contributed by atoms with Gasteiger partial charge in [0, 0.05) is 13.0 Å². The first-order valence-corrected chi connectivity index (χ1v) is 16.8. The lowest BCUT2D eigenvalue weighted by molar-refractivity contribution is -0.138. The molecule has 5 aromatic rings. The second kappa shape index (κ2) is 16.2. The van der Waals surface area contributed by atoms with E-state index in [0.29, 0.717) is 53.2 Å². The highest BCUT2D eigenvalue weighted by molar-refractivity contribution is 5.96. The van der Waals surface area contributed by atoms with Gasteiger partial charge in [-0.1, -0.05) is 24.3 Å². The Balaban J connectivity index is 0.000000211. The van der Waals surface area contributed by atoms with Gasteiger partial charge in [-0.05, 0) is 117 Å². The number of rotatable bonds is 7. The molecule has 1 aliphatic heterocycles. The summed E-state index contributed by atoms with van der Waals surface area (Å²) in [5.41, 5.74) is 6.61. The van der Waals surface area contributed by atoms with Crippen molar-refractivity contribution in [3.8, 4) is 5.69 Å². The second-order valence-corrected chi connectivity index (χ2v) is 13.6. The van der Waals surface area contributed by atoms with Crippen LogP contribution in [0.5, 0.6) is 0 Å². The summed E-state index contributed by atoms with van der Waals surface area (Å²) < 4.78 is 111. The van der Waals surface area contributed by atoms with Crippen LogP contribution in [0.25, 0.3) is 5.69 Å². The van der Waals surface area contributed by atoms with Gasteiger partial charge < -0.3 is 10.1 Å². The molecule has 4 aromatic carbocycles. The number of nitrogens with zero attached hydrogens (tertiary/aromatic N) is 2. The average molecular weight is 774 g/mol. The summed E-state index contributed by atoms with van der Waals surface area (Å²) >= 11 is 0. The van der Waals surface area contributed by atoms with Crippen molar-refractivity contribution < 1.29 is 49.4 Å². The Hall–Kier alpha value is -5.93. The zero-order valence-electron chi connectivity index (χ0n) is 29.6. The van der Waals surface area contributed by atoms with Crippen LogP contribution in [-0.4, -0.2) is 33.9 Å². The first kappa shape index (κ1) is 40.3. The summed E-state index contributed by atoms with van der Waals surface area (Å²) in [6, 6.07) is 18.7. The van der Waals surface area contributed by atoms with Gasteiger partial charge >= 0.3 is 18.4 Å². The maximum Gasteiger partial charge on any atom is 0.426 e. The van der Waals surface area contributed by atoms with E-state index in [-0.39, 0.29) is 29.9 Å². The number of benzene rings is 4. The fourth-order valence-corrected chi connectivity index (χ4v) is 5.70. The fourth-order valence-electron chi connectivity index (χ4n) is 5.70. The van der Waals surface area contributed by atoms with Gasteiger partial charge in [-0.15, -0.1) is 0 Å². The maximum atomic E-state index is 13.6. The highest BCUT2D eigenvalue weighted by atomic mass is 19.4. The van der Waals surface area contributed by atoms with Crippen LogP contribution in [0.15, 0.2) is 91.1 Å². The highest BCUT2D eigenvalue weighted by Gasteiger charge is 2.32. The minimum atomic E-state index is -4.61. The molecule has 3 N–H and O–H groups in total. The zero-order valence-corrected chi connectivity index (χ0v) is 29.6. The fraction of sp³-hybridized carbons (Fsp3) is 0.256. The third kappa shape index (κ3) is 11.3. The molecular weight excluding hydrogens is 738 g/mol. The van der Waals surface area contributed by atoms with Gasteiger partial charge in [0.1, 0.15) is 17.2 Å². The van der Waals surface area contributed by atoms with Gasteiger partial charge in [-0.3, -0.25) is 10.2 Å². The largest absolute Gasteiger partial charge is 0.443 e. The van der Waals surface area contributed by atoms with Crippen LogP contribution in [-0.2, 0) is 36.4 Å². The molecule has 8 nitrogen and oxygen atoms in total. The Morgan fingerprint density at radius 3 is 1.91 bits per heavy atom. The molecular formula is C39H35F8N5O3. The van der Waals surface area contributed by atoms with Crippen LogP contribution in [0.3, 0.4) is 0 Å². The SMILES string of the molecule is CC(C)(C)OC(=O)NNc1cccc(Cc2cc(F)cc(C(F)(F)F)c2)c1.O=C1NCCc2c1cnn2-c1cccc(Cc2cc(F)cc(C(F)(F)F)c2)c1. The van der Waals surface area contributed by atoms with Crippen molar-refractivity contribution in [1.82, 2.24) is 20.5 Å². The number of amides is 2. The van der Waals surface area contributed by atoms with Crippen molar-refractivity contribution in [2.45, 2.75) is 58.0 Å². The Labute approximate surface area is 310 Å². The van der Waals surface area contributed by atoms with Gasteiger partial charge in [0.05, 0.1) is 40.0 Å². The summed E-state index contributed by atoms with van der Waals surface area (Å²) in [7, 11) is 0. The summed E-state index contributed by atoms with van der Waals surface area (Å²) in [4.78, 5) is 23.5. The van der Waals surface area contributed by atoms with Gasteiger partial charge in [0.15, 0.2) is 0 Å². The Bertz CT molecular complexity index is 2170. The topological polar surface area (TPSA) is 97.3 Å². The molecule has 0 saturated heterocycles. The summed E-state index contributed by atoms with van der Waals surface area (Å²) in [5.74, 6) is -2.04. The first-order chi connectivity index (χ1) is 25.7. The molecule has 1 aromatic heterocycles. The summed E-state index contributed by atoms with van der Waals surface area (Å²) in [6.07, 6.45) is -7.53. The number of carbonyl (C=O) groups excluding carboxylic acids is 2. The Morgan fingerprint density at radius 1 is 0.782 bits per heavy atom. The molecule has 0 fully saturated rings. The predicted molar refractivity (Wildman–Crippen MR) is 187 cm³/mol. The number of anilines is 1. The van der Waals surface area contributed by atoms with Crippen LogP contribution in [0.2, 0.25) is 0 Å². The number of halogens is 8. The van der Waals surface area contributed by atoms with Crippen molar-refractivity contribution in [3.63, 3.8) is 0 Å². The minimum absolute atomic E-state index is 0.1000. The van der Waals surface area contributed by atoms with Crippen LogP contribution < -0.4 is 16.2 Å². The number of ether oxygens (including phenoxy) is 1. The van der Waals surface area contributed by atoms with Gasteiger partial charge in [0.25, 0.3) is 5.91 Å². The van der Waals surface area contributed by atoms with E-state index in [1.165, 1.54) is 6.20 Å². The van der Waals surface area contributed by atoms with E-state index in [2.05, 4.69) is 21.3 Å². The molecule has 2 amide bonds. The number of nitrogens with one attached hydrogen (secondary N) is 3. The van der Waals surface area contributed by atoms with Crippen LogP contribution in [0.1, 0.15) is 70.2 Å². The van der Waals surface area contributed by atoms with Gasteiger partial charge in [-0.2, -0.15) is 31.4 Å². The number of fused-ring (bicyclic) bond motifs is 1.